The van der Waals surface area contributed by atoms with Crippen LogP contribution >= 0.6 is 0 Å². The summed E-state index contributed by atoms with van der Waals surface area (Å²) in [5, 5.41) is 7.52. The Hall–Kier alpha value is -1.58. The maximum atomic E-state index is 13.8. The van der Waals surface area contributed by atoms with E-state index in [4.69, 9.17) is 11.1 Å². The number of hydrogen-bond donors (Lipinski definition) is 2. The molecule has 1 aliphatic heterocycles. The first-order chi connectivity index (χ1) is 8.63. The quantitative estimate of drug-likeness (QED) is 0.639. The summed E-state index contributed by atoms with van der Waals surface area (Å²) in [6.07, 6.45) is 3.46. The molecule has 2 rings (SSSR count). The predicted octanol–water partition coefficient (Wildman–Crippen LogP) is 2.74. The van der Waals surface area contributed by atoms with Gasteiger partial charge in [0.1, 0.15) is 11.7 Å². The summed E-state index contributed by atoms with van der Waals surface area (Å²) in [6.45, 7) is 4.05. The van der Waals surface area contributed by atoms with Gasteiger partial charge in [-0.2, -0.15) is 0 Å². The normalized spacial score (nSPS) is 16.9. The summed E-state index contributed by atoms with van der Waals surface area (Å²) in [6, 6.07) is 4.90. The highest BCUT2D eigenvalue weighted by molar-refractivity contribution is 6.00. The topological polar surface area (TPSA) is 53.1 Å². The van der Waals surface area contributed by atoms with Gasteiger partial charge in [0.05, 0.1) is 11.3 Å². The molecule has 1 aromatic carbocycles. The molecule has 0 unspecified atom stereocenters. The first-order valence-corrected chi connectivity index (χ1v) is 6.51. The van der Waals surface area contributed by atoms with Crippen molar-refractivity contribution in [2.75, 3.05) is 18.0 Å². The molecule has 0 spiro atoms. The van der Waals surface area contributed by atoms with E-state index in [1.165, 1.54) is 12.5 Å². The molecule has 1 heterocycles. The van der Waals surface area contributed by atoms with Gasteiger partial charge in [-0.25, -0.2) is 4.39 Å². The van der Waals surface area contributed by atoms with Gasteiger partial charge >= 0.3 is 0 Å². The van der Waals surface area contributed by atoms with Crippen molar-refractivity contribution >= 4 is 11.5 Å². The van der Waals surface area contributed by atoms with Gasteiger partial charge in [-0.15, -0.1) is 0 Å². The Bertz CT molecular complexity index is 437. The van der Waals surface area contributed by atoms with Crippen molar-refractivity contribution in [2.24, 2.45) is 11.7 Å². The third kappa shape index (κ3) is 2.47. The van der Waals surface area contributed by atoms with Crippen molar-refractivity contribution in [2.45, 2.75) is 26.2 Å². The molecule has 0 radical (unpaired) electrons. The molecule has 98 valence electrons. The van der Waals surface area contributed by atoms with Crippen LogP contribution in [-0.4, -0.2) is 18.9 Å². The fourth-order valence-electron chi connectivity index (χ4n) is 2.63. The largest absolute Gasteiger partial charge is 0.384 e. The van der Waals surface area contributed by atoms with E-state index in [9.17, 15) is 4.39 Å². The number of anilines is 1. The number of nitrogen functional groups attached to an aromatic ring is 1. The zero-order valence-electron chi connectivity index (χ0n) is 10.7. The average Bonchev–Trinajstić information content (AvgIpc) is 2.38. The van der Waals surface area contributed by atoms with E-state index in [1.54, 1.807) is 6.07 Å². The molecule has 1 fully saturated rings. The lowest BCUT2D eigenvalue weighted by atomic mass is 9.93. The van der Waals surface area contributed by atoms with E-state index in [-0.39, 0.29) is 11.4 Å². The summed E-state index contributed by atoms with van der Waals surface area (Å²) < 4.78 is 13.8. The lowest BCUT2D eigenvalue weighted by Gasteiger charge is -2.34. The van der Waals surface area contributed by atoms with E-state index in [0.717, 1.165) is 37.5 Å². The SMILES string of the molecule is CCC1CCN(c2cccc(F)c2C(=N)N)CC1. The number of benzene rings is 1. The van der Waals surface area contributed by atoms with E-state index in [2.05, 4.69) is 11.8 Å². The van der Waals surface area contributed by atoms with Crippen LogP contribution in [0.25, 0.3) is 0 Å². The van der Waals surface area contributed by atoms with Crippen LogP contribution in [0.2, 0.25) is 0 Å². The number of halogens is 1. The Morgan fingerprint density at radius 1 is 1.44 bits per heavy atom. The number of nitrogens with two attached hydrogens (primary N) is 1. The second-order valence-corrected chi connectivity index (χ2v) is 4.89. The summed E-state index contributed by atoms with van der Waals surface area (Å²) in [4.78, 5) is 2.14. The highest BCUT2D eigenvalue weighted by atomic mass is 19.1. The van der Waals surface area contributed by atoms with Crippen LogP contribution in [0.3, 0.4) is 0 Å². The Kier molecular flexibility index (Phi) is 3.84. The minimum absolute atomic E-state index is 0.194. The number of nitrogens with one attached hydrogen (secondary N) is 1. The maximum absolute atomic E-state index is 13.8. The predicted molar refractivity (Wildman–Crippen MR) is 72.6 cm³/mol. The summed E-state index contributed by atoms with van der Waals surface area (Å²) >= 11 is 0. The second-order valence-electron chi connectivity index (χ2n) is 4.89. The van der Waals surface area contributed by atoms with Crippen molar-refractivity contribution in [3.8, 4) is 0 Å². The molecular formula is C14H20FN3. The minimum Gasteiger partial charge on any atom is -0.384 e. The van der Waals surface area contributed by atoms with Gasteiger partial charge in [-0.1, -0.05) is 19.4 Å². The van der Waals surface area contributed by atoms with Crippen molar-refractivity contribution in [3.05, 3.63) is 29.6 Å². The third-order valence-corrected chi connectivity index (χ3v) is 3.79. The van der Waals surface area contributed by atoms with Gasteiger partial charge in [0.25, 0.3) is 0 Å². The van der Waals surface area contributed by atoms with Crippen molar-refractivity contribution in [1.82, 2.24) is 0 Å². The lowest BCUT2D eigenvalue weighted by molar-refractivity contribution is 0.395. The molecule has 0 aromatic heterocycles. The number of rotatable bonds is 3. The highest BCUT2D eigenvalue weighted by Crippen LogP contribution is 2.28. The van der Waals surface area contributed by atoms with Crippen LogP contribution in [0.5, 0.6) is 0 Å². The molecule has 0 atom stereocenters. The Balaban J connectivity index is 2.24. The molecule has 1 aliphatic rings. The summed E-state index contributed by atoms with van der Waals surface area (Å²) in [5.41, 5.74) is 6.50. The van der Waals surface area contributed by atoms with Gasteiger partial charge in [-0.3, -0.25) is 5.41 Å². The standard InChI is InChI=1S/C14H20FN3/c1-2-10-6-8-18(9-7-10)12-5-3-4-11(15)13(12)14(16)17/h3-5,10H,2,6-9H2,1H3,(H3,16,17). The molecule has 0 saturated carbocycles. The molecule has 0 bridgehead atoms. The van der Waals surface area contributed by atoms with E-state index < -0.39 is 5.82 Å². The number of nitrogens with zero attached hydrogens (tertiary/aromatic N) is 1. The fraction of sp³-hybridized carbons (Fsp3) is 0.500. The monoisotopic (exact) mass is 249 g/mol. The van der Waals surface area contributed by atoms with Crippen molar-refractivity contribution in [1.29, 1.82) is 5.41 Å². The summed E-state index contributed by atoms with van der Waals surface area (Å²) in [5.74, 6) is 0.175. The zero-order valence-corrected chi connectivity index (χ0v) is 10.7. The smallest absolute Gasteiger partial charge is 0.136 e. The highest BCUT2D eigenvalue weighted by Gasteiger charge is 2.22. The van der Waals surface area contributed by atoms with Gasteiger partial charge in [0.15, 0.2) is 0 Å². The molecular weight excluding hydrogens is 229 g/mol. The molecule has 18 heavy (non-hydrogen) atoms. The lowest BCUT2D eigenvalue weighted by Crippen LogP contribution is -2.35. The van der Waals surface area contributed by atoms with Crippen LogP contribution < -0.4 is 10.6 Å². The van der Waals surface area contributed by atoms with Crippen molar-refractivity contribution in [3.63, 3.8) is 0 Å². The van der Waals surface area contributed by atoms with Crippen LogP contribution in [0, 0.1) is 17.1 Å². The van der Waals surface area contributed by atoms with E-state index in [1.807, 2.05) is 6.07 Å². The fourth-order valence-corrected chi connectivity index (χ4v) is 2.63. The molecule has 1 saturated heterocycles. The van der Waals surface area contributed by atoms with Gasteiger partial charge in [0, 0.05) is 13.1 Å². The average molecular weight is 249 g/mol. The van der Waals surface area contributed by atoms with Crippen LogP contribution in [0.4, 0.5) is 10.1 Å². The first-order valence-electron chi connectivity index (χ1n) is 6.51. The molecule has 3 nitrogen and oxygen atoms in total. The second kappa shape index (κ2) is 5.38. The molecule has 0 amide bonds. The number of amidine groups is 1. The number of hydrogen-bond acceptors (Lipinski definition) is 2. The van der Waals surface area contributed by atoms with Gasteiger partial charge < -0.3 is 10.6 Å². The van der Waals surface area contributed by atoms with Gasteiger partial charge in [-0.05, 0) is 30.9 Å². The van der Waals surface area contributed by atoms with E-state index >= 15 is 0 Å². The molecule has 4 heteroatoms. The molecule has 0 aliphatic carbocycles. The first kappa shape index (κ1) is 12.9. The Morgan fingerprint density at radius 3 is 2.67 bits per heavy atom. The Morgan fingerprint density at radius 2 is 2.11 bits per heavy atom. The number of piperidine rings is 1. The molecule has 1 aromatic rings. The summed E-state index contributed by atoms with van der Waals surface area (Å²) in [7, 11) is 0. The van der Waals surface area contributed by atoms with Crippen LogP contribution in [0.1, 0.15) is 31.7 Å². The third-order valence-electron chi connectivity index (χ3n) is 3.79. The maximum Gasteiger partial charge on any atom is 0.136 e. The van der Waals surface area contributed by atoms with Gasteiger partial charge in [0.2, 0.25) is 0 Å². The van der Waals surface area contributed by atoms with Crippen LogP contribution in [-0.2, 0) is 0 Å². The van der Waals surface area contributed by atoms with Crippen molar-refractivity contribution < 1.29 is 4.39 Å². The van der Waals surface area contributed by atoms with Crippen LogP contribution in [0.15, 0.2) is 18.2 Å². The van der Waals surface area contributed by atoms with E-state index in [0.29, 0.717) is 0 Å². The minimum atomic E-state index is -0.405. The molecule has 3 N–H and O–H groups in total. The Labute approximate surface area is 107 Å². The zero-order chi connectivity index (χ0) is 13.1.